The smallest absolute Gasteiger partial charge is 0.303 e. The van der Waals surface area contributed by atoms with Crippen LogP contribution in [0.15, 0.2) is 0 Å². The molecule has 0 amide bonds. The predicted molar refractivity (Wildman–Crippen MR) is 87.2 cm³/mol. The summed E-state index contributed by atoms with van der Waals surface area (Å²) in [6.07, 6.45) is 5.77. The van der Waals surface area contributed by atoms with Crippen LogP contribution in [0, 0.1) is 11.3 Å². The van der Waals surface area contributed by atoms with Gasteiger partial charge in [-0.15, -0.1) is 0 Å². The lowest BCUT2D eigenvalue weighted by Gasteiger charge is -2.21. The highest BCUT2D eigenvalue weighted by Gasteiger charge is 2.16. The number of carbonyl (C=O) groups is 1. The summed E-state index contributed by atoms with van der Waals surface area (Å²) >= 11 is 0. The van der Waals surface area contributed by atoms with Crippen LogP contribution in [-0.4, -0.2) is 24.3 Å². The third-order valence-electron chi connectivity index (χ3n) is 2.73. The highest BCUT2D eigenvalue weighted by Crippen LogP contribution is 2.25. The third kappa shape index (κ3) is 24.8. The Kier molecular flexibility index (Phi) is 15.5. The van der Waals surface area contributed by atoms with Crippen LogP contribution in [0.5, 0.6) is 0 Å². The van der Waals surface area contributed by atoms with Crippen LogP contribution in [0.4, 0.5) is 0 Å². The fraction of sp³-hybridized carbons (Fsp3) is 0.941. The Morgan fingerprint density at radius 1 is 1.05 bits per heavy atom. The van der Waals surface area contributed by atoms with Gasteiger partial charge in [-0.25, -0.2) is 9.78 Å². The predicted octanol–water partition coefficient (Wildman–Crippen LogP) is 5.07. The Morgan fingerprint density at radius 3 is 1.76 bits per heavy atom. The molecule has 0 radical (unpaired) electrons. The zero-order valence-electron chi connectivity index (χ0n) is 14.9. The highest BCUT2D eigenvalue weighted by molar-refractivity contribution is 5.66. The van der Waals surface area contributed by atoms with Crippen LogP contribution in [0.2, 0.25) is 0 Å². The van der Waals surface area contributed by atoms with Crippen LogP contribution < -0.4 is 0 Å². The maximum atomic E-state index is 10.3. The number of carboxylic acids is 1. The maximum absolute atomic E-state index is 10.3. The lowest BCUT2D eigenvalue weighted by atomic mass is 9.84. The molecule has 0 aromatic rings. The molecular formula is C17H36O4. The van der Waals surface area contributed by atoms with Gasteiger partial charge in [-0.2, -0.15) is 0 Å². The molecule has 0 heterocycles. The van der Waals surface area contributed by atoms with Gasteiger partial charge in [0.05, 0.1) is 13.2 Å². The number of aliphatic carboxylic acids is 1. The van der Waals surface area contributed by atoms with Crippen molar-refractivity contribution in [3.05, 3.63) is 0 Å². The van der Waals surface area contributed by atoms with E-state index in [9.17, 15) is 4.79 Å². The SMILES string of the molecule is CC(CC(=O)O)CC(C)(C)C.CCCCOOCCCC. The molecule has 0 aliphatic carbocycles. The van der Waals surface area contributed by atoms with E-state index in [2.05, 4.69) is 34.6 Å². The monoisotopic (exact) mass is 304 g/mol. The van der Waals surface area contributed by atoms with Crippen LogP contribution in [0.25, 0.3) is 0 Å². The number of hydrogen-bond acceptors (Lipinski definition) is 3. The first-order valence-corrected chi connectivity index (χ1v) is 8.19. The van der Waals surface area contributed by atoms with E-state index in [-0.39, 0.29) is 17.8 Å². The molecule has 1 atom stereocenters. The lowest BCUT2D eigenvalue weighted by molar-refractivity contribution is -0.295. The summed E-state index contributed by atoms with van der Waals surface area (Å²) in [5.74, 6) is -0.408. The van der Waals surface area contributed by atoms with E-state index in [4.69, 9.17) is 14.9 Å². The minimum atomic E-state index is -0.693. The fourth-order valence-electron chi connectivity index (χ4n) is 1.94. The van der Waals surface area contributed by atoms with Gasteiger partial charge in [-0.05, 0) is 30.6 Å². The average molecular weight is 304 g/mol. The molecule has 21 heavy (non-hydrogen) atoms. The summed E-state index contributed by atoms with van der Waals surface area (Å²) < 4.78 is 0. The number of hydrogen-bond donors (Lipinski definition) is 1. The molecule has 0 rings (SSSR count). The molecule has 0 saturated carbocycles. The number of rotatable bonds is 10. The summed E-state index contributed by atoms with van der Waals surface area (Å²) in [6, 6.07) is 0. The van der Waals surface area contributed by atoms with Crippen LogP contribution in [0.3, 0.4) is 0 Å². The van der Waals surface area contributed by atoms with E-state index in [0.717, 1.165) is 45.3 Å². The van der Waals surface area contributed by atoms with Crippen LogP contribution >= 0.6 is 0 Å². The molecule has 0 aromatic heterocycles. The minimum absolute atomic E-state index is 0.245. The van der Waals surface area contributed by atoms with E-state index < -0.39 is 5.97 Å². The van der Waals surface area contributed by atoms with Gasteiger partial charge < -0.3 is 5.11 Å². The van der Waals surface area contributed by atoms with E-state index in [0.29, 0.717) is 0 Å². The summed E-state index contributed by atoms with van der Waals surface area (Å²) in [4.78, 5) is 20.0. The van der Waals surface area contributed by atoms with Gasteiger partial charge in [0, 0.05) is 6.42 Å². The van der Waals surface area contributed by atoms with Gasteiger partial charge in [0.15, 0.2) is 0 Å². The largest absolute Gasteiger partial charge is 0.481 e. The van der Waals surface area contributed by atoms with Gasteiger partial charge in [-0.1, -0.05) is 54.4 Å². The molecule has 0 aliphatic rings. The van der Waals surface area contributed by atoms with Crippen molar-refractivity contribution < 1.29 is 19.7 Å². The summed E-state index contributed by atoms with van der Waals surface area (Å²) in [7, 11) is 0. The standard InChI is InChI=1S/C9H18O2.C8H18O2/c1-7(5-8(10)11)6-9(2,3)4;1-3-5-7-9-10-8-6-4-2/h7H,5-6H2,1-4H3,(H,10,11);3-8H2,1-2H3. The van der Waals surface area contributed by atoms with Crippen molar-refractivity contribution in [3.63, 3.8) is 0 Å². The van der Waals surface area contributed by atoms with Crippen molar-refractivity contribution in [1.29, 1.82) is 0 Å². The maximum Gasteiger partial charge on any atom is 0.303 e. The molecule has 0 spiro atoms. The highest BCUT2D eigenvalue weighted by atomic mass is 17.2. The van der Waals surface area contributed by atoms with Crippen molar-refractivity contribution in [3.8, 4) is 0 Å². The first-order chi connectivity index (χ1) is 9.72. The van der Waals surface area contributed by atoms with Crippen molar-refractivity contribution in [2.24, 2.45) is 11.3 Å². The van der Waals surface area contributed by atoms with Gasteiger partial charge in [0.25, 0.3) is 0 Å². The minimum Gasteiger partial charge on any atom is -0.481 e. The van der Waals surface area contributed by atoms with Crippen molar-refractivity contribution in [1.82, 2.24) is 0 Å². The molecule has 4 nitrogen and oxygen atoms in total. The van der Waals surface area contributed by atoms with E-state index in [1.807, 2.05) is 6.92 Å². The summed E-state index contributed by atoms with van der Waals surface area (Å²) in [5.41, 5.74) is 0.245. The molecule has 0 saturated heterocycles. The van der Waals surface area contributed by atoms with Gasteiger partial charge >= 0.3 is 5.97 Å². The Hall–Kier alpha value is -0.610. The van der Waals surface area contributed by atoms with Crippen molar-refractivity contribution in [2.45, 2.75) is 80.1 Å². The van der Waals surface area contributed by atoms with Crippen molar-refractivity contribution >= 4 is 5.97 Å². The molecule has 1 unspecified atom stereocenters. The topological polar surface area (TPSA) is 55.8 Å². The van der Waals surface area contributed by atoms with Gasteiger partial charge in [-0.3, -0.25) is 4.79 Å². The molecule has 0 bridgehead atoms. The third-order valence-corrected chi connectivity index (χ3v) is 2.73. The second-order valence-electron chi connectivity index (χ2n) is 6.82. The molecule has 0 fully saturated rings. The molecular weight excluding hydrogens is 268 g/mol. The normalized spacial score (nSPS) is 12.5. The number of unbranched alkanes of at least 4 members (excludes halogenated alkanes) is 2. The first-order valence-electron chi connectivity index (χ1n) is 8.19. The fourth-order valence-corrected chi connectivity index (χ4v) is 1.94. The Labute approximate surface area is 131 Å². The lowest BCUT2D eigenvalue weighted by Crippen LogP contribution is -2.13. The zero-order valence-corrected chi connectivity index (χ0v) is 14.9. The second kappa shape index (κ2) is 14.3. The van der Waals surface area contributed by atoms with E-state index in [1.165, 1.54) is 0 Å². The Balaban J connectivity index is 0. The molecule has 128 valence electrons. The van der Waals surface area contributed by atoms with Gasteiger partial charge in [0.1, 0.15) is 0 Å². The van der Waals surface area contributed by atoms with Crippen LogP contribution in [-0.2, 0) is 14.6 Å². The Bertz CT molecular complexity index is 225. The summed E-state index contributed by atoms with van der Waals surface area (Å²) in [5, 5.41) is 8.48. The average Bonchev–Trinajstić information content (AvgIpc) is 2.31. The molecule has 4 heteroatoms. The Morgan fingerprint density at radius 2 is 1.48 bits per heavy atom. The summed E-state index contributed by atoms with van der Waals surface area (Å²) in [6.45, 7) is 14.1. The van der Waals surface area contributed by atoms with E-state index >= 15 is 0 Å². The molecule has 1 N–H and O–H groups in total. The van der Waals surface area contributed by atoms with Crippen LogP contribution in [0.1, 0.15) is 80.1 Å². The first kappa shape index (κ1) is 22.7. The quantitative estimate of drug-likeness (QED) is 0.348. The van der Waals surface area contributed by atoms with E-state index in [1.54, 1.807) is 0 Å². The number of carboxylic acid groups (broad SMARTS) is 1. The molecule has 0 aromatic carbocycles. The molecule has 0 aliphatic heterocycles. The zero-order chi connectivity index (χ0) is 16.7. The second-order valence-corrected chi connectivity index (χ2v) is 6.82. The van der Waals surface area contributed by atoms with Gasteiger partial charge in [0.2, 0.25) is 0 Å². The van der Waals surface area contributed by atoms with Crippen molar-refractivity contribution in [2.75, 3.05) is 13.2 Å².